The summed E-state index contributed by atoms with van der Waals surface area (Å²) in [7, 11) is 0. The van der Waals surface area contributed by atoms with Gasteiger partial charge < -0.3 is 0 Å². The third-order valence-corrected chi connectivity index (χ3v) is 2.11. The van der Waals surface area contributed by atoms with Crippen molar-refractivity contribution in [2.24, 2.45) is 0 Å². The van der Waals surface area contributed by atoms with Crippen LogP contribution >= 0.6 is 11.6 Å². The predicted octanol–water partition coefficient (Wildman–Crippen LogP) is 2.77. The number of hydrogen-bond donors (Lipinski definition) is 0. The highest BCUT2D eigenvalue weighted by atomic mass is 35.5. The van der Waals surface area contributed by atoms with Gasteiger partial charge >= 0.3 is 6.18 Å². The van der Waals surface area contributed by atoms with E-state index in [0.717, 1.165) is 6.07 Å². The monoisotopic (exact) mass is 261 g/mol. The van der Waals surface area contributed by atoms with Crippen LogP contribution in [0.3, 0.4) is 0 Å². The van der Waals surface area contributed by atoms with Crippen LogP contribution in [0.1, 0.15) is 31.8 Å². The molecule has 0 unspecified atom stereocenters. The van der Waals surface area contributed by atoms with Gasteiger partial charge in [0.15, 0.2) is 0 Å². The van der Waals surface area contributed by atoms with Crippen molar-refractivity contribution in [2.75, 3.05) is 0 Å². The van der Waals surface area contributed by atoms with Gasteiger partial charge in [-0.15, -0.1) is 0 Å². The summed E-state index contributed by atoms with van der Waals surface area (Å²) in [6.07, 6.45) is -4.72. The summed E-state index contributed by atoms with van der Waals surface area (Å²) < 4.78 is 37.8. The molecule has 0 aliphatic rings. The van der Waals surface area contributed by atoms with Gasteiger partial charge in [-0.1, -0.05) is 0 Å². The first-order valence-electron chi connectivity index (χ1n) is 4.11. The Balaban J connectivity index is 3.72. The summed E-state index contributed by atoms with van der Waals surface area (Å²) in [6.45, 7) is 0. The van der Waals surface area contributed by atoms with Crippen molar-refractivity contribution in [3.8, 4) is 6.07 Å². The van der Waals surface area contributed by atoms with Gasteiger partial charge in [0, 0.05) is 5.56 Å². The topological polar surface area (TPSA) is 57.9 Å². The number of carbonyl (C=O) groups excluding carboxylic acids is 2. The van der Waals surface area contributed by atoms with E-state index in [4.69, 9.17) is 16.9 Å². The van der Waals surface area contributed by atoms with Crippen molar-refractivity contribution < 1.29 is 22.8 Å². The van der Waals surface area contributed by atoms with Gasteiger partial charge in [0.1, 0.15) is 6.29 Å². The molecule has 3 nitrogen and oxygen atoms in total. The molecule has 0 aromatic heterocycles. The summed E-state index contributed by atoms with van der Waals surface area (Å²) in [6, 6.07) is 2.75. The van der Waals surface area contributed by atoms with E-state index >= 15 is 0 Å². The van der Waals surface area contributed by atoms with E-state index in [1.165, 1.54) is 6.07 Å². The van der Waals surface area contributed by atoms with Crippen molar-refractivity contribution in [3.63, 3.8) is 0 Å². The molecule has 0 heterocycles. The fourth-order valence-corrected chi connectivity index (χ4v) is 1.46. The molecule has 1 aromatic carbocycles. The van der Waals surface area contributed by atoms with Crippen LogP contribution in [0, 0.1) is 11.3 Å². The van der Waals surface area contributed by atoms with Gasteiger partial charge in [0.2, 0.25) is 0 Å². The molecule has 1 rings (SSSR count). The second kappa shape index (κ2) is 4.55. The smallest absolute Gasteiger partial charge is 0.298 e. The van der Waals surface area contributed by atoms with Gasteiger partial charge in [0.25, 0.3) is 5.24 Å². The number of rotatable bonds is 2. The SMILES string of the molecule is N#Cc1cc(C=O)cc(C(F)(F)F)c1C(=O)Cl. The zero-order chi connectivity index (χ0) is 13.2. The van der Waals surface area contributed by atoms with Crippen molar-refractivity contribution in [1.29, 1.82) is 5.26 Å². The zero-order valence-corrected chi connectivity index (χ0v) is 8.76. The molecule has 0 N–H and O–H groups in total. The van der Waals surface area contributed by atoms with E-state index in [1.807, 2.05) is 0 Å². The third-order valence-electron chi connectivity index (χ3n) is 1.92. The molecule has 0 aliphatic carbocycles. The average Bonchev–Trinajstić information content (AvgIpc) is 2.25. The fraction of sp³-hybridized carbons (Fsp3) is 0.100. The zero-order valence-electron chi connectivity index (χ0n) is 8.01. The molecule has 1 aromatic rings. The largest absolute Gasteiger partial charge is 0.417 e. The number of nitrogens with zero attached hydrogens (tertiary/aromatic N) is 1. The van der Waals surface area contributed by atoms with E-state index in [1.54, 1.807) is 0 Å². The molecule has 88 valence electrons. The molecule has 17 heavy (non-hydrogen) atoms. The molecule has 0 aliphatic heterocycles. The number of nitriles is 1. The molecule has 0 saturated heterocycles. The Morgan fingerprint density at radius 2 is 2.00 bits per heavy atom. The Bertz CT molecular complexity index is 532. The summed E-state index contributed by atoms with van der Waals surface area (Å²) in [4.78, 5) is 21.4. The Morgan fingerprint density at radius 3 is 2.35 bits per heavy atom. The van der Waals surface area contributed by atoms with Crippen LogP contribution in [0.25, 0.3) is 0 Å². The van der Waals surface area contributed by atoms with Crippen LogP contribution < -0.4 is 0 Å². The number of carbonyl (C=O) groups is 2. The Morgan fingerprint density at radius 1 is 1.41 bits per heavy atom. The molecule has 0 spiro atoms. The molecule has 7 heteroatoms. The van der Waals surface area contributed by atoms with E-state index in [9.17, 15) is 22.8 Å². The highest BCUT2D eigenvalue weighted by Gasteiger charge is 2.36. The van der Waals surface area contributed by atoms with E-state index < -0.39 is 28.1 Å². The van der Waals surface area contributed by atoms with Gasteiger partial charge in [-0.3, -0.25) is 9.59 Å². The normalized spacial score (nSPS) is 10.8. The van der Waals surface area contributed by atoms with Gasteiger partial charge in [-0.2, -0.15) is 18.4 Å². The molecule has 0 fully saturated rings. The van der Waals surface area contributed by atoms with Crippen LogP contribution in [0.15, 0.2) is 12.1 Å². The highest BCUT2D eigenvalue weighted by Crippen LogP contribution is 2.34. The molecule has 0 atom stereocenters. The Kier molecular flexibility index (Phi) is 3.53. The quantitative estimate of drug-likeness (QED) is 0.607. The van der Waals surface area contributed by atoms with Gasteiger partial charge in [-0.25, -0.2) is 0 Å². The van der Waals surface area contributed by atoms with Crippen molar-refractivity contribution in [3.05, 3.63) is 34.4 Å². The molecule has 0 saturated carbocycles. The molecule has 0 amide bonds. The lowest BCUT2D eigenvalue weighted by Crippen LogP contribution is -2.13. The molecular weight excluding hydrogens is 259 g/mol. The Labute approximate surface area is 98.4 Å². The average molecular weight is 262 g/mol. The summed E-state index contributed by atoms with van der Waals surface area (Å²) in [5, 5.41) is 7.24. The number of alkyl halides is 3. The molecular formula is C10H3ClF3NO2. The molecule has 0 radical (unpaired) electrons. The summed E-state index contributed by atoms with van der Waals surface area (Å²) in [5.74, 6) is 0. The van der Waals surface area contributed by atoms with Crippen molar-refractivity contribution >= 4 is 23.1 Å². The Hall–Kier alpha value is -1.87. The second-order valence-electron chi connectivity index (χ2n) is 2.99. The van der Waals surface area contributed by atoms with Gasteiger partial charge in [0.05, 0.1) is 22.8 Å². The number of halogens is 4. The maximum absolute atomic E-state index is 12.6. The van der Waals surface area contributed by atoms with Crippen LogP contribution in [-0.2, 0) is 6.18 Å². The maximum Gasteiger partial charge on any atom is 0.417 e. The van der Waals surface area contributed by atoms with Gasteiger partial charge in [-0.05, 0) is 23.7 Å². The minimum Gasteiger partial charge on any atom is -0.298 e. The number of hydrogen-bond acceptors (Lipinski definition) is 3. The van der Waals surface area contributed by atoms with Crippen molar-refractivity contribution in [1.82, 2.24) is 0 Å². The number of benzene rings is 1. The van der Waals surface area contributed by atoms with Crippen LogP contribution in [0.2, 0.25) is 0 Å². The highest BCUT2D eigenvalue weighted by molar-refractivity contribution is 6.68. The minimum absolute atomic E-state index is 0.151. The maximum atomic E-state index is 12.6. The van der Waals surface area contributed by atoms with Crippen molar-refractivity contribution in [2.45, 2.75) is 6.18 Å². The van der Waals surface area contributed by atoms with Crippen LogP contribution in [0.5, 0.6) is 0 Å². The third kappa shape index (κ3) is 2.63. The summed E-state index contributed by atoms with van der Waals surface area (Å²) in [5.41, 5.74) is -3.26. The van der Waals surface area contributed by atoms with E-state index in [-0.39, 0.29) is 11.8 Å². The van der Waals surface area contributed by atoms with Crippen LogP contribution in [-0.4, -0.2) is 11.5 Å². The second-order valence-corrected chi connectivity index (χ2v) is 3.34. The lowest BCUT2D eigenvalue weighted by Gasteiger charge is -2.12. The molecule has 0 bridgehead atoms. The fourth-order valence-electron chi connectivity index (χ4n) is 1.26. The number of aldehydes is 1. The first-order valence-corrected chi connectivity index (χ1v) is 4.49. The lowest BCUT2D eigenvalue weighted by atomic mass is 9.99. The standard InChI is InChI=1S/C10H3ClF3NO2/c11-9(17)8-6(3-15)1-5(4-16)2-7(8)10(12,13)14/h1-2,4H. The first-order chi connectivity index (χ1) is 7.81. The minimum atomic E-state index is -4.87. The van der Waals surface area contributed by atoms with E-state index in [0.29, 0.717) is 6.07 Å². The predicted molar refractivity (Wildman–Crippen MR) is 51.7 cm³/mol. The lowest BCUT2D eigenvalue weighted by molar-refractivity contribution is -0.137. The first kappa shape index (κ1) is 13.2. The summed E-state index contributed by atoms with van der Waals surface area (Å²) >= 11 is 5.02. The van der Waals surface area contributed by atoms with E-state index in [2.05, 4.69) is 0 Å². The van der Waals surface area contributed by atoms with Crippen LogP contribution in [0.4, 0.5) is 13.2 Å².